The average Bonchev–Trinajstić information content (AvgIpc) is 2.88. The number of rotatable bonds is 4. The van der Waals surface area contributed by atoms with Crippen molar-refractivity contribution < 1.29 is 13.9 Å². The smallest absolute Gasteiger partial charge is 0.407 e. The van der Waals surface area contributed by atoms with E-state index in [2.05, 4.69) is 10.3 Å². The van der Waals surface area contributed by atoms with Gasteiger partial charge in [-0.05, 0) is 39.0 Å². The van der Waals surface area contributed by atoms with Crippen LogP contribution in [0.1, 0.15) is 26.5 Å². The van der Waals surface area contributed by atoms with Gasteiger partial charge in [-0.25, -0.2) is 14.2 Å². The number of carbonyl (C=O) groups excluding carboxylic acids is 1. The summed E-state index contributed by atoms with van der Waals surface area (Å²) in [6.45, 7) is 5.77. The largest absolute Gasteiger partial charge is 0.444 e. The molecular weight excluding hydrogens is 321 g/mol. The van der Waals surface area contributed by atoms with E-state index < -0.39 is 11.7 Å². The van der Waals surface area contributed by atoms with Crippen molar-refractivity contribution in [3.63, 3.8) is 0 Å². The number of amides is 1. The third kappa shape index (κ3) is 4.96. The average molecular weight is 340 g/mol. The number of nitrogens with one attached hydrogen (secondary N) is 1. The second kappa shape index (κ2) is 7.00. The molecule has 0 unspecified atom stereocenters. The van der Waals surface area contributed by atoms with Crippen molar-refractivity contribution in [3.8, 4) is 5.69 Å². The lowest BCUT2D eigenvalue weighted by Crippen LogP contribution is -2.33. The Morgan fingerprint density at radius 3 is 2.87 bits per heavy atom. The van der Waals surface area contributed by atoms with Gasteiger partial charge in [0.15, 0.2) is 0 Å². The minimum Gasteiger partial charge on any atom is -0.444 e. The summed E-state index contributed by atoms with van der Waals surface area (Å²) >= 11 is 6.11. The molecule has 1 aromatic carbocycles. The zero-order valence-electron chi connectivity index (χ0n) is 13.3. The van der Waals surface area contributed by atoms with Gasteiger partial charge in [0, 0.05) is 24.9 Å². The number of hydrogen-bond donors (Lipinski definition) is 1. The van der Waals surface area contributed by atoms with Gasteiger partial charge in [0.2, 0.25) is 0 Å². The van der Waals surface area contributed by atoms with E-state index in [1.54, 1.807) is 37.9 Å². The van der Waals surface area contributed by atoms with Gasteiger partial charge < -0.3 is 14.6 Å². The van der Waals surface area contributed by atoms with E-state index in [1.807, 2.05) is 0 Å². The normalized spacial score (nSPS) is 11.3. The van der Waals surface area contributed by atoms with Crippen LogP contribution in [0.4, 0.5) is 9.18 Å². The summed E-state index contributed by atoms with van der Waals surface area (Å²) < 4.78 is 20.3. The van der Waals surface area contributed by atoms with Crippen LogP contribution in [0.3, 0.4) is 0 Å². The summed E-state index contributed by atoms with van der Waals surface area (Å²) in [6, 6.07) is 4.14. The van der Waals surface area contributed by atoms with Crippen LogP contribution in [0.5, 0.6) is 0 Å². The second-order valence-electron chi connectivity index (χ2n) is 6.03. The summed E-state index contributed by atoms with van der Waals surface area (Å²) in [5.74, 6) is -0.379. The number of alkyl carbamates (subject to hydrolysis) is 1. The summed E-state index contributed by atoms with van der Waals surface area (Å²) in [5.41, 5.74) is 0.769. The molecule has 0 bridgehead atoms. The first-order chi connectivity index (χ1) is 10.8. The Morgan fingerprint density at radius 2 is 2.17 bits per heavy atom. The first-order valence-corrected chi connectivity index (χ1v) is 7.57. The number of aromatic nitrogens is 2. The number of halogens is 2. The van der Waals surface area contributed by atoms with Gasteiger partial charge in [-0.3, -0.25) is 0 Å². The van der Waals surface area contributed by atoms with Gasteiger partial charge in [0.1, 0.15) is 11.4 Å². The van der Waals surface area contributed by atoms with E-state index >= 15 is 0 Å². The number of nitrogens with zero attached hydrogens (tertiary/aromatic N) is 2. The van der Waals surface area contributed by atoms with Crippen molar-refractivity contribution in [2.75, 3.05) is 6.54 Å². The van der Waals surface area contributed by atoms with E-state index in [1.165, 1.54) is 18.2 Å². The molecular formula is C16H19ClFN3O2. The van der Waals surface area contributed by atoms with E-state index in [0.29, 0.717) is 23.7 Å². The topological polar surface area (TPSA) is 56.1 Å². The Hall–Kier alpha value is -2.08. The molecule has 0 saturated carbocycles. The lowest BCUT2D eigenvalue weighted by Gasteiger charge is -2.19. The number of imidazole rings is 1. The Balaban J connectivity index is 2.02. The van der Waals surface area contributed by atoms with E-state index in [4.69, 9.17) is 16.3 Å². The van der Waals surface area contributed by atoms with E-state index in [0.717, 1.165) is 5.69 Å². The highest BCUT2D eigenvalue weighted by Crippen LogP contribution is 2.22. The molecule has 124 valence electrons. The molecule has 1 amide bonds. The molecule has 0 radical (unpaired) electrons. The minimum atomic E-state index is -0.541. The molecule has 23 heavy (non-hydrogen) atoms. The standard InChI is InChI=1S/C16H19ClFN3O2/c1-16(2,3)23-15(22)20-7-6-12-9-19-10-21(12)14-8-11(18)4-5-13(14)17/h4-5,8-10H,6-7H2,1-3H3,(H,20,22). The van der Waals surface area contributed by atoms with Crippen LogP contribution < -0.4 is 5.32 Å². The maximum atomic E-state index is 13.4. The van der Waals surface area contributed by atoms with Crippen molar-refractivity contribution in [1.29, 1.82) is 0 Å². The Bertz CT molecular complexity index is 695. The second-order valence-corrected chi connectivity index (χ2v) is 6.44. The molecule has 0 fully saturated rings. The van der Waals surface area contributed by atoms with Crippen LogP contribution in [0, 0.1) is 5.82 Å². The molecule has 0 spiro atoms. The molecule has 0 atom stereocenters. The van der Waals surface area contributed by atoms with Gasteiger partial charge >= 0.3 is 6.09 Å². The first-order valence-electron chi connectivity index (χ1n) is 7.20. The summed E-state index contributed by atoms with van der Waals surface area (Å²) in [6.07, 6.45) is 3.24. The third-order valence-electron chi connectivity index (χ3n) is 2.93. The van der Waals surface area contributed by atoms with Gasteiger partial charge in [-0.2, -0.15) is 0 Å². The van der Waals surface area contributed by atoms with E-state index in [9.17, 15) is 9.18 Å². The Morgan fingerprint density at radius 1 is 1.43 bits per heavy atom. The summed E-state index contributed by atoms with van der Waals surface area (Å²) in [4.78, 5) is 15.7. The molecule has 0 aliphatic carbocycles. The number of ether oxygens (including phenoxy) is 1. The SMILES string of the molecule is CC(C)(C)OC(=O)NCCc1cncn1-c1cc(F)ccc1Cl. The number of carbonyl (C=O) groups is 1. The molecule has 1 N–H and O–H groups in total. The van der Waals surface area contributed by atoms with Crippen LogP contribution in [-0.4, -0.2) is 27.8 Å². The molecule has 0 saturated heterocycles. The predicted molar refractivity (Wildman–Crippen MR) is 86.5 cm³/mol. The lowest BCUT2D eigenvalue weighted by molar-refractivity contribution is 0.0528. The zero-order chi connectivity index (χ0) is 17.0. The fourth-order valence-electron chi connectivity index (χ4n) is 2.00. The fourth-order valence-corrected chi connectivity index (χ4v) is 2.21. The highest BCUT2D eigenvalue weighted by atomic mass is 35.5. The Kier molecular flexibility index (Phi) is 5.26. The van der Waals surface area contributed by atoms with Crippen LogP contribution in [0.2, 0.25) is 5.02 Å². The van der Waals surface area contributed by atoms with Gasteiger partial charge in [0.25, 0.3) is 0 Å². The molecule has 0 aliphatic heterocycles. The maximum absolute atomic E-state index is 13.4. The van der Waals surface area contributed by atoms with Crippen molar-refractivity contribution in [2.24, 2.45) is 0 Å². The molecule has 1 aromatic heterocycles. The number of benzene rings is 1. The van der Waals surface area contributed by atoms with Crippen molar-refractivity contribution in [1.82, 2.24) is 14.9 Å². The minimum absolute atomic E-state index is 0.369. The molecule has 7 heteroatoms. The van der Waals surface area contributed by atoms with Crippen LogP contribution in [-0.2, 0) is 11.2 Å². The first kappa shape index (κ1) is 17.3. The predicted octanol–water partition coefficient (Wildman–Crippen LogP) is 3.73. The quantitative estimate of drug-likeness (QED) is 0.923. The van der Waals surface area contributed by atoms with Gasteiger partial charge in [0.05, 0.1) is 17.0 Å². The maximum Gasteiger partial charge on any atom is 0.407 e. The monoisotopic (exact) mass is 339 g/mol. The molecule has 2 rings (SSSR count). The van der Waals surface area contributed by atoms with E-state index in [-0.39, 0.29) is 5.82 Å². The molecule has 0 aliphatic rings. The van der Waals surface area contributed by atoms with Gasteiger partial charge in [-0.15, -0.1) is 0 Å². The molecule has 2 aromatic rings. The highest BCUT2D eigenvalue weighted by Gasteiger charge is 2.16. The van der Waals surface area contributed by atoms with Crippen molar-refractivity contribution in [3.05, 3.63) is 47.3 Å². The van der Waals surface area contributed by atoms with Crippen molar-refractivity contribution >= 4 is 17.7 Å². The van der Waals surface area contributed by atoms with Crippen LogP contribution in [0.15, 0.2) is 30.7 Å². The highest BCUT2D eigenvalue weighted by molar-refractivity contribution is 6.32. The van der Waals surface area contributed by atoms with Crippen LogP contribution >= 0.6 is 11.6 Å². The fraction of sp³-hybridized carbons (Fsp3) is 0.375. The van der Waals surface area contributed by atoms with Crippen LogP contribution in [0.25, 0.3) is 5.69 Å². The lowest BCUT2D eigenvalue weighted by atomic mass is 10.2. The molecule has 5 nitrogen and oxygen atoms in total. The Labute approximate surface area is 139 Å². The number of hydrogen-bond acceptors (Lipinski definition) is 3. The molecule has 1 heterocycles. The summed E-state index contributed by atoms with van der Waals surface area (Å²) in [7, 11) is 0. The van der Waals surface area contributed by atoms with Crippen molar-refractivity contribution in [2.45, 2.75) is 32.8 Å². The third-order valence-corrected chi connectivity index (χ3v) is 3.25. The zero-order valence-corrected chi connectivity index (χ0v) is 14.0. The van der Waals surface area contributed by atoms with Gasteiger partial charge in [-0.1, -0.05) is 11.6 Å². The summed E-state index contributed by atoms with van der Waals surface area (Å²) in [5, 5.41) is 3.09.